The first-order valence-corrected chi connectivity index (χ1v) is 10.5. The summed E-state index contributed by atoms with van der Waals surface area (Å²) >= 11 is 0. The average molecular weight is 391 g/mol. The van der Waals surface area contributed by atoms with Crippen molar-refractivity contribution in [3.8, 4) is 0 Å². The predicted octanol–water partition coefficient (Wildman–Crippen LogP) is 2.95. The minimum absolute atomic E-state index is 0.656. The van der Waals surface area contributed by atoms with E-state index in [9.17, 15) is 0 Å². The van der Waals surface area contributed by atoms with Crippen LogP contribution in [0.3, 0.4) is 0 Å². The topological polar surface area (TPSA) is 58.1 Å². The summed E-state index contributed by atoms with van der Waals surface area (Å²) in [5, 5.41) is 6.74. The molecule has 0 radical (unpaired) electrons. The number of anilines is 1. The highest BCUT2D eigenvalue weighted by atomic mass is 16.5. The van der Waals surface area contributed by atoms with E-state index >= 15 is 0 Å². The van der Waals surface area contributed by atoms with E-state index in [1.165, 1.54) is 16.8 Å². The zero-order valence-electron chi connectivity index (χ0n) is 18.1. The van der Waals surface area contributed by atoms with Crippen LogP contribution in [-0.2, 0) is 16.0 Å². The number of aryl methyl sites for hydroxylation is 1. The lowest BCUT2D eigenvalue weighted by Gasteiger charge is -2.21. The van der Waals surface area contributed by atoms with Gasteiger partial charge in [-0.15, -0.1) is 0 Å². The highest BCUT2D eigenvalue weighted by Crippen LogP contribution is 2.21. The molecule has 28 heavy (non-hydrogen) atoms. The zero-order valence-corrected chi connectivity index (χ0v) is 18.1. The Bertz CT molecular complexity index is 598. The number of hydrogen-bond acceptors (Lipinski definition) is 4. The van der Waals surface area contributed by atoms with Crippen molar-refractivity contribution in [3.63, 3.8) is 0 Å². The third-order valence-corrected chi connectivity index (χ3v) is 4.93. The number of nitrogens with one attached hydrogen (secondary N) is 2. The molecule has 0 spiro atoms. The number of rotatable bonds is 10. The zero-order chi connectivity index (χ0) is 20.2. The molecule has 158 valence electrons. The molecule has 1 heterocycles. The van der Waals surface area contributed by atoms with Crippen molar-refractivity contribution in [2.75, 3.05) is 58.5 Å². The van der Waals surface area contributed by atoms with Gasteiger partial charge in [-0.25, -0.2) is 4.99 Å². The van der Waals surface area contributed by atoms with Crippen molar-refractivity contribution >= 4 is 11.6 Å². The van der Waals surface area contributed by atoms with E-state index in [1.807, 2.05) is 0 Å². The van der Waals surface area contributed by atoms with Gasteiger partial charge in [-0.1, -0.05) is 12.1 Å². The smallest absolute Gasteiger partial charge is 0.191 e. The van der Waals surface area contributed by atoms with E-state index in [4.69, 9.17) is 14.5 Å². The van der Waals surface area contributed by atoms with Gasteiger partial charge < -0.3 is 25.0 Å². The van der Waals surface area contributed by atoms with Crippen molar-refractivity contribution in [3.05, 3.63) is 29.3 Å². The van der Waals surface area contributed by atoms with Crippen LogP contribution in [0.5, 0.6) is 0 Å². The molecule has 1 fully saturated rings. The Labute approximate surface area is 170 Å². The Kier molecular flexibility index (Phi) is 10.1. The Morgan fingerprint density at radius 3 is 2.75 bits per heavy atom. The van der Waals surface area contributed by atoms with Gasteiger partial charge in [0.1, 0.15) is 0 Å². The molecule has 1 saturated heterocycles. The lowest BCUT2D eigenvalue weighted by molar-refractivity contribution is 0.0203. The van der Waals surface area contributed by atoms with Gasteiger partial charge in [-0.2, -0.15) is 0 Å². The number of hydrogen-bond donors (Lipinski definition) is 2. The molecule has 0 amide bonds. The van der Waals surface area contributed by atoms with Crippen molar-refractivity contribution < 1.29 is 9.47 Å². The first kappa shape index (κ1) is 22.5. The first-order chi connectivity index (χ1) is 13.6. The number of ether oxygens (including phenoxy) is 2. The number of benzene rings is 1. The predicted molar refractivity (Wildman–Crippen MR) is 117 cm³/mol. The largest absolute Gasteiger partial charge is 0.381 e. The first-order valence-electron chi connectivity index (χ1n) is 10.5. The summed E-state index contributed by atoms with van der Waals surface area (Å²) in [5.74, 6) is 1.53. The van der Waals surface area contributed by atoms with Gasteiger partial charge in [0.2, 0.25) is 0 Å². The third kappa shape index (κ3) is 8.07. The lowest BCUT2D eigenvalue weighted by Crippen LogP contribution is -2.38. The Hall–Kier alpha value is -1.79. The van der Waals surface area contributed by atoms with E-state index in [0.717, 1.165) is 64.7 Å². The number of aliphatic imine (C=N–C) groups is 1. The Morgan fingerprint density at radius 1 is 1.25 bits per heavy atom. The second-order valence-electron chi connectivity index (χ2n) is 7.63. The van der Waals surface area contributed by atoms with Crippen molar-refractivity contribution in [1.29, 1.82) is 0 Å². The fraction of sp³-hybridized carbons (Fsp3) is 0.682. The Morgan fingerprint density at radius 2 is 2.04 bits per heavy atom. The van der Waals surface area contributed by atoms with Crippen molar-refractivity contribution in [2.45, 2.75) is 39.7 Å². The minimum Gasteiger partial charge on any atom is -0.381 e. The normalized spacial score (nSPS) is 15.5. The molecule has 1 aliphatic heterocycles. The van der Waals surface area contributed by atoms with E-state index in [0.29, 0.717) is 12.5 Å². The van der Waals surface area contributed by atoms with Gasteiger partial charge in [0, 0.05) is 59.3 Å². The number of nitrogens with zero attached hydrogens (tertiary/aromatic N) is 2. The van der Waals surface area contributed by atoms with E-state index in [1.54, 1.807) is 0 Å². The molecule has 0 aromatic heterocycles. The van der Waals surface area contributed by atoms with Gasteiger partial charge in [-0.3, -0.25) is 0 Å². The summed E-state index contributed by atoms with van der Waals surface area (Å²) in [6, 6.07) is 6.52. The van der Waals surface area contributed by atoms with Crippen molar-refractivity contribution in [1.82, 2.24) is 10.6 Å². The van der Waals surface area contributed by atoms with Crippen LogP contribution in [0.1, 0.15) is 37.3 Å². The fourth-order valence-corrected chi connectivity index (χ4v) is 3.27. The summed E-state index contributed by atoms with van der Waals surface area (Å²) in [4.78, 5) is 6.91. The van der Waals surface area contributed by atoms with E-state index in [2.05, 4.69) is 61.7 Å². The molecule has 1 aromatic rings. The van der Waals surface area contributed by atoms with Crippen LogP contribution < -0.4 is 15.5 Å². The van der Waals surface area contributed by atoms with E-state index < -0.39 is 0 Å². The highest BCUT2D eigenvalue weighted by Gasteiger charge is 2.13. The summed E-state index contributed by atoms with van der Waals surface area (Å²) in [7, 11) is 4.15. The van der Waals surface area contributed by atoms with Crippen LogP contribution in [0, 0.1) is 12.8 Å². The molecular weight excluding hydrogens is 352 g/mol. The molecule has 0 saturated carbocycles. The summed E-state index contributed by atoms with van der Waals surface area (Å²) in [5.41, 5.74) is 3.72. The van der Waals surface area contributed by atoms with Crippen LogP contribution in [0.2, 0.25) is 0 Å². The van der Waals surface area contributed by atoms with E-state index in [-0.39, 0.29) is 0 Å². The highest BCUT2D eigenvalue weighted by molar-refractivity contribution is 5.79. The Balaban J connectivity index is 1.74. The van der Waals surface area contributed by atoms with Crippen LogP contribution in [-0.4, -0.2) is 59.6 Å². The molecule has 0 unspecified atom stereocenters. The summed E-state index contributed by atoms with van der Waals surface area (Å²) < 4.78 is 11.2. The average Bonchev–Trinajstić information content (AvgIpc) is 2.70. The molecule has 0 atom stereocenters. The third-order valence-electron chi connectivity index (χ3n) is 4.93. The number of guanidine groups is 1. The molecule has 2 rings (SSSR count). The maximum absolute atomic E-state index is 5.84. The second kappa shape index (κ2) is 12.6. The summed E-state index contributed by atoms with van der Waals surface area (Å²) in [6.07, 6.45) is 3.23. The molecule has 1 aliphatic rings. The monoisotopic (exact) mass is 390 g/mol. The molecule has 6 nitrogen and oxygen atoms in total. The van der Waals surface area contributed by atoms with Crippen LogP contribution in [0.25, 0.3) is 0 Å². The standard InChI is InChI=1S/C22H38N4O2/c1-5-23-22(24-11-6-12-28-17-19-9-13-27-14-10-19)25-16-20-8-7-18(2)15-21(20)26(3)4/h7-8,15,19H,5-6,9-14,16-17H2,1-4H3,(H2,23,24,25). The SMILES string of the molecule is CCNC(=NCc1ccc(C)cc1N(C)C)NCCCOCC1CCOCC1. The molecule has 0 bridgehead atoms. The fourth-order valence-electron chi connectivity index (χ4n) is 3.27. The van der Waals surface area contributed by atoms with Crippen LogP contribution >= 0.6 is 0 Å². The van der Waals surface area contributed by atoms with Crippen LogP contribution in [0.4, 0.5) is 5.69 Å². The van der Waals surface area contributed by atoms with Gasteiger partial charge in [0.15, 0.2) is 5.96 Å². The maximum Gasteiger partial charge on any atom is 0.191 e. The summed E-state index contributed by atoms with van der Waals surface area (Å²) in [6.45, 7) is 9.98. The van der Waals surface area contributed by atoms with Gasteiger partial charge >= 0.3 is 0 Å². The molecule has 1 aromatic carbocycles. The lowest BCUT2D eigenvalue weighted by atomic mass is 10.0. The van der Waals surface area contributed by atoms with Crippen molar-refractivity contribution in [2.24, 2.45) is 10.9 Å². The van der Waals surface area contributed by atoms with Crippen LogP contribution in [0.15, 0.2) is 23.2 Å². The molecule has 6 heteroatoms. The quantitative estimate of drug-likeness (QED) is 0.365. The van der Waals surface area contributed by atoms with Gasteiger partial charge in [0.25, 0.3) is 0 Å². The molecule has 2 N–H and O–H groups in total. The molecule has 0 aliphatic carbocycles. The molecular formula is C22H38N4O2. The minimum atomic E-state index is 0.656. The van der Waals surface area contributed by atoms with Gasteiger partial charge in [0.05, 0.1) is 6.54 Å². The maximum atomic E-state index is 5.84. The van der Waals surface area contributed by atoms with Gasteiger partial charge in [-0.05, 0) is 56.2 Å². The second-order valence-corrected chi connectivity index (χ2v) is 7.63.